The van der Waals surface area contributed by atoms with Gasteiger partial charge in [-0.3, -0.25) is 14.3 Å². The first-order valence-electron chi connectivity index (χ1n) is 11.7. The minimum Gasteiger partial charge on any atom is -0.384 e. The molecule has 9 nitrogen and oxygen atoms in total. The van der Waals surface area contributed by atoms with Crippen LogP contribution in [0.1, 0.15) is 43.0 Å². The van der Waals surface area contributed by atoms with Crippen molar-refractivity contribution in [2.24, 2.45) is 5.41 Å². The number of carbonyl (C=O) groups excluding carboxylic acids is 1. The van der Waals surface area contributed by atoms with Gasteiger partial charge in [0.1, 0.15) is 5.69 Å². The van der Waals surface area contributed by atoms with E-state index in [4.69, 9.17) is 4.74 Å². The van der Waals surface area contributed by atoms with Crippen molar-refractivity contribution < 1.29 is 17.9 Å². The fourth-order valence-electron chi connectivity index (χ4n) is 4.44. The van der Waals surface area contributed by atoms with Crippen LogP contribution in [0.4, 0.5) is 17.1 Å². The van der Waals surface area contributed by atoms with Crippen LogP contribution < -0.4 is 20.5 Å². The van der Waals surface area contributed by atoms with E-state index in [1.54, 1.807) is 36.5 Å². The number of rotatable bonds is 9. The van der Waals surface area contributed by atoms with E-state index in [-0.39, 0.29) is 23.6 Å². The summed E-state index contributed by atoms with van der Waals surface area (Å²) in [6.07, 6.45) is 6.29. The molecule has 0 bridgehead atoms. The summed E-state index contributed by atoms with van der Waals surface area (Å²) in [5.41, 5.74) is 1.84. The van der Waals surface area contributed by atoms with E-state index >= 15 is 0 Å². The van der Waals surface area contributed by atoms with Crippen LogP contribution in [-0.4, -0.2) is 51.5 Å². The van der Waals surface area contributed by atoms with Gasteiger partial charge in [0.05, 0.1) is 29.3 Å². The molecule has 1 aliphatic carbocycles. The Balaban J connectivity index is 1.62. The molecular formula is C24H32N4O5S. The SMILES string of the molecule is CCn1cccc(NC(=O)c2ccc(NS(=O)(=O)CCOC)cc2N2CCC3(CC2)CC3)c1=O. The minimum absolute atomic E-state index is 0.0866. The zero-order valence-electron chi connectivity index (χ0n) is 19.7. The van der Waals surface area contributed by atoms with Crippen LogP contribution in [0.5, 0.6) is 0 Å². The first kappa shape index (κ1) is 24.3. The molecule has 1 saturated carbocycles. The van der Waals surface area contributed by atoms with E-state index in [1.165, 1.54) is 24.5 Å². The smallest absolute Gasteiger partial charge is 0.274 e. The normalized spacial score (nSPS) is 16.9. The second-order valence-electron chi connectivity index (χ2n) is 9.10. The molecule has 1 aliphatic heterocycles. The van der Waals surface area contributed by atoms with Crippen molar-refractivity contribution in [2.45, 2.75) is 39.2 Å². The number of piperidine rings is 1. The van der Waals surface area contributed by atoms with Crippen LogP contribution in [0.2, 0.25) is 0 Å². The van der Waals surface area contributed by atoms with Gasteiger partial charge in [0.25, 0.3) is 11.5 Å². The summed E-state index contributed by atoms with van der Waals surface area (Å²) in [5.74, 6) is -0.563. The maximum Gasteiger partial charge on any atom is 0.274 e. The van der Waals surface area contributed by atoms with E-state index in [0.29, 0.717) is 28.9 Å². The molecule has 1 amide bonds. The highest BCUT2D eigenvalue weighted by Crippen LogP contribution is 2.54. The van der Waals surface area contributed by atoms with Crippen molar-refractivity contribution in [3.8, 4) is 0 Å². The number of pyridine rings is 1. The summed E-state index contributed by atoms with van der Waals surface area (Å²) in [5, 5.41) is 2.75. The van der Waals surface area contributed by atoms with Crippen LogP contribution >= 0.6 is 0 Å². The van der Waals surface area contributed by atoms with Crippen LogP contribution in [0.15, 0.2) is 41.3 Å². The van der Waals surface area contributed by atoms with Crippen LogP contribution in [0.25, 0.3) is 0 Å². The highest BCUT2D eigenvalue weighted by atomic mass is 32.2. The Morgan fingerprint density at radius 3 is 2.53 bits per heavy atom. The van der Waals surface area contributed by atoms with Gasteiger partial charge < -0.3 is 19.5 Å². The predicted octanol–water partition coefficient (Wildman–Crippen LogP) is 2.89. The molecule has 34 heavy (non-hydrogen) atoms. The maximum absolute atomic E-state index is 13.3. The van der Waals surface area contributed by atoms with Gasteiger partial charge >= 0.3 is 0 Å². The largest absolute Gasteiger partial charge is 0.384 e. The van der Waals surface area contributed by atoms with E-state index in [1.807, 2.05) is 6.92 Å². The zero-order valence-corrected chi connectivity index (χ0v) is 20.5. The van der Waals surface area contributed by atoms with Gasteiger partial charge in [-0.1, -0.05) is 0 Å². The summed E-state index contributed by atoms with van der Waals surface area (Å²) in [6.45, 7) is 4.05. The number of hydrogen-bond donors (Lipinski definition) is 2. The maximum atomic E-state index is 13.3. The number of nitrogens with one attached hydrogen (secondary N) is 2. The number of hydrogen-bond acceptors (Lipinski definition) is 6. The number of sulfonamides is 1. The van der Waals surface area contributed by atoms with Gasteiger partial charge in [-0.25, -0.2) is 8.42 Å². The number of aromatic nitrogens is 1. The molecule has 0 atom stereocenters. The number of amides is 1. The summed E-state index contributed by atoms with van der Waals surface area (Å²) in [7, 11) is -2.14. The number of anilines is 3. The van der Waals surface area contributed by atoms with E-state index in [2.05, 4.69) is 14.9 Å². The molecule has 0 unspecified atom stereocenters. The molecule has 2 aromatic rings. The predicted molar refractivity (Wildman–Crippen MR) is 133 cm³/mol. The van der Waals surface area contributed by atoms with Gasteiger partial charge in [-0.2, -0.15) is 0 Å². The highest BCUT2D eigenvalue weighted by molar-refractivity contribution is 7.92. The molecule has 0 radical (unpaired) electrons. The Labute approximate surface area is 200 Å². The monoisotopic (exact) mass is 488 g/mol. The van der Waals surface area contributed by atoms with Gasteiger partial charge in [-0.15, -0.1) is 0 Å². The Bertz CT molecular complexity index is 1210. The third kappa shape index (κ3) is 5.44. The summed E-state index contributed by atoms with van der Waals surface area (Å²) < 4.78 is 33.7. The first-order chi connectivity index (χ1) is 16.3. The molecule has 184 valence electrons. The Morgan fingerprint density at radius 2 is 1.88 bits per heavy atom. The molecule has 1 aromatic carbocycles. The Morgan fingerprint density at radius 1 is 1.15 bits per heavy atom. The lowest BCUT2D eigenvalue weighted by atomic mass is 9.93. The van der Waals surface area contributed by atoms with Gasteiger partial charge in [0.2, 0.25) is 10.0 Å². The van der Waals surface area contributed by atoms with Crippen molar-refractivity contribution in [3.05, 3.63) is 52.4 Å². The second kappa shape index (κ2) is 9.79. The average molecular weight is 489 g/mol. The number of benzene rings is 1. The summed E-state index contributed by atoms with van der Waals surface area (Å²) >= 11 is 0. The molecule has 2 aliphatic rings. The molecule has 4 rings (SSSR count). The number of methoxy groups -OCH3 is 1. The zero-order chi connectivity index (χ0) is 24.3. The van der Waals surface area contributed by atoms with E-state index in [0.717, 1.165) is 25.9 Å². The van der Waals surface area contributed by atoms with Crippen molar-refractivity contribution in [3.63, 3.8) is 0 Å². The first-order valence-corrected chi connectivity index (χ1v) is 13.3. The lowest BCUT2D eigenvalue weighted by molar-refractivity contribution is 0.102. The standard InChI is InChI=1S/C24H32N4O5S/c1-3-27-12-4-5-20(23(27)30)25-22(29)19-7-6-18(26-34(31,32)16-15-33-2)17-21(19)28-13-10-24(8-9-24)11-14-28/h4-7,12,17,26H,3,8-11,13-16H2,1-2H3,(H,25,29). The Hall–Kier alpha value is -2.85. The third-order valence-corrected chi connectivity index (χ3v) is 8.05. The Kier molecular flexibility index (Phi) is 6.99. The van der Waals surface area contributed by atoms with Crippen molar-refractivity contribution in [1.29, 1.82) is 0 Å². The topological polar surface area (TPSA) is 110 Å². The van der Waals surface area contributed by atoms with Crippen molar-refractivity contribution >= 4 is 33.0 Å². The molecule has 1 saturated heterocycles. The lowest BCUT2D eigenvalue weighted by Crippen LogP contribution is -2.36. The van der Waals surface area contributed by atoms with Crippen LogP contribution in [0.3, 0.4) is 0 Å². The molecule has 2 heterocycles. The quantitative estimate of drug-likeness (QED) is 0.562. The fraction of sp³-hybridized carbons (Fsp3) is 0.500. The molecule has 1 spiro atoms. The fourth-order valence-corrected chi connectivity index (χ4v) is 5.42. The van der Waals surface area contributed by atoms with Gasteiger partial charge in [0.15, 0.2) is 0 Å². The number of carbonyl (C=O) groups is 1. The summed E-state index contributed by atoms with van der Waals surface area (Å²) in [6, 6.07) is 8.20. The van der Waals surface area contributed by atoms with Crippen LogP contribution in [-0.2, 0) is 21.3 Å². The van der Waals surface area contributed by atoms with Gasteiger partial charge in [-0.05, 0) is 68.4 Å². The van der Waals surface area contributed by atoms with Gasteiger partial charge in [0, 0.05) is 32.9 Å². The van der Waals surface area contributed by atoms with E-state index in [9.17, 15) is 18.0 Å². The second-order valence-corrected chi connectivity index (χ2v) is 10.9. The number of ether oxygens (including phenoxy) is 1. The lowest BCUT2D eigenvalue weighted by Gasteiger charge is -2.35. The highest BCUT2D eigenvalue weighted by Gasteiger charge is 2.44. The summed E-state index contributed by atoms with van der Waals surface area (Å²) in [4.78, 5) is 28.0. The number of nitrogens with zero attached hydrogens (tertiary/aromatic N) is 2. The molecule has 10 heteroatoms. The van der Waals surface area contributed by atoms with E-state index < -0.39 is 15.9 Å². The molecule has 2 fully saturated rings. The van der Waals surface area contributed by atoms with Crippen molar-refractivity contribution in [2.75, 3.05) is 47.5 Å². The minimum atomic E-state index is -3.59. The third-order valence-electron chi connectivity index (χ3n) is 6.80. The average Bonchev–Trinajstić information content (AvgIpc) is 3.58. The molecule has 1 aromatic heterocycles. The van der Waals surface area contributed by atoms with Crippen molar-refractivity contribution in [1.82, 2.24) is 4.57 Å². The number of aryl methyl sites for hydroxylation is 1. The molecular weight excluding hydrogens is 456 g/mol. The molecule has 2 N–H and O–H groups in total. The van der Waals surface area contributed by atoms with Crippen LogP contribution in [0, 0.1) is 5.41 Å².